The molecule has 5 aromatic rings. The molecule has 3 heterocycles. The summed E-state index contributed by atoms with van der Waals surface area (Å²) in [7, 11) is 3.21. The highest BCUT2D eigenvalue weighted by Crippen LogP contribution is 2.34. The van der Waals surface area contributed by atoms with Crippen molar-refractivity contribution >= 4 is 33.2 Å². The van der Waals surface area contributed by atoms with Crippen LogP contribution in [0.5, 0.6) is 11.5 Å². The summed E-state index contributed by atoms with van der Waals surface area (Å²) in [6.45, 7) is 6.58. The molecule has 0 amide bonds. The lowest BCUT2D eigenvalue weighted by atomic mass is 10.2. The van der Waals surface area contributed by atoms with Gasteiger partial charge >= 0.3 is 0 Å². The molecule has 0 atom stereocenters. The van der Waals surface area contributed by atoms with Gasteiger partial charge in [-0.05, 0) is 37.1 Å². The molecule has 0 fully saturated rings. The van der Waals surface area contributed by atoms with Crippen molar-refractivity contribution in [3.63, 3.8) is 0 Å². The molecule has 8 nitrogen and oxygen atoms in total. The molecular formula is C25H25N5O3. The van der Waals surface area contributed by atoms with Crippen molar-refractivity contribution in [3.05, 3.63) is 58.6 Å². The second-order valence-corrected chi connectivity index (χ2v) is 8.42. The van der Waals surface area contributed by atoms with Crippen molar-refractivity contribution in [3.8, 4) is 17.2 Å². The molecular weight excluding hydrogens is 418 g/mol. The summed E-state index contributed by atoms with van der Waals surface area (Å²) in [4.78, 5) is 28.4. The molecule has 33 heavy (non-hydrogen) atoms. The third-order valence-corrected chi connectivity index (χ3v) is 5.73. The molecule has 0 saturated heterocycles. The van der Waals surface area contributed by atoms with Crippen LogP contribution in [-0.2, 0) is 6.54 Å². The molecule has 3 aromatic heterocycles. The summed E-state index contributed by atoms with van der Waals surface area (Å²) < 4.78 is 14.7. The van der Waals surface area contributed by atoms with Crippen molar-refractivity contribution in [1.82, 2.24) is 24.1 Å². The Hall–Kier alpha value is -3.94. The second kappa shape index (κ2) is 7.88. The number of methoxy groups -OCH3 is 2. The first-order valence-corrected chi connectivity index (χ1v) is 10.8. The van der Waals surface area contributed by atoms with Crippen LogP contribution in [0.1, 0.15) is 19.7 Å². The summed E-state index contributed by atoms with van der Waals surface area (Å²) >= 11 is 0. The summed E-state index contributed by atoms with van der Waals surface area (Å²) in [5, 5.41) is 0.444. The number of nitrogens with zero attached hydrogens (tertiary/aromatic N) is 5. The van der Waals surface area contributed by atoms with E-state index in [9.17, 15) is 4.79 Å². The smallest absolute Gasteiger partial charge is 0.265 e. The Morgan fingerprint density at radius 3 is 2.33 bits per heavy atom. The first-order chi connectivity index (χ1) is 15.9. The molecule has 0 aliphatic heterocycles. The third-order valence-electron chi connectivity index (χ3n) is 5.73. The van der Waals surface area contributed by atoms with E-state index in [-0.39, 0.29) is 5.56 Å². The average molecular weight is 444 g/mol. The van der Waals surface area contributed by atoms with Crippen LogP contribution in [-0.4, -0.2) is 38.3 Å². The molecule has 5 rings (SSSR count). The van der Waals surface area contributed by atoms with Crippen LogP contribution < -0.4 is 15.0 Å². The van der Waals surface area contributed by atoms with E-state index in [1.54, 1.807) is 18.8 Å². The standard InChI is InChI=1S/C25H25N5O3/c1-14(2)13-29-15(3)26-23-21(25(29)31)22-24(28-18-9-7-6-8-17(18)27-22)30(23)19-12-16(32-4)10-11-20(19)33-5/h6-12,14H,13H2,1-5H3. The van der Waals surface area contributed by atoms with Crippen LogP contribution in [0.25, 0.3) is 38.9 Å². The van der Waals surface area contributed by atoms with Gasteiger partial charge in [0.2, 0.25) is 0 Å². The Labute approximate surface area is 190 Å². The van der Waals surface area contributed by atoms with Gasteiger partial charge in [0.1, 0.15) is 28.2 Å². The molecule has 0 saturated carbocycles. The van der Waals surface area contributed by atoms with Crippen LogP contribution in [0, 0.1) is 12.8 Å². The lowest BCUT2D eigenvalue weighted by molar-refractivity contribution is 0.402. The summed E-state index contributed by atoms with van der Waals surface area (Å²) in [5.74, 6) is 2.19. The van der Waals surface area contributed by atoms with E-state index >= 15 is 0 Å². The van der Waals surface area contributed by atoms with Gasteiger partial charge in [0.15, 0.2) is 11.3 Å². The minimum atomic E-state index is -0.124. The first kappa shape index (κ1) is 20.9. The topological polar surface area (TPSA) is 84.1 Å². The van der Waals surface area contributed by atoms with Gasteiger partial charge in [0.25, 0.3) is 5.56 Å². The Morgan fingerprint density at radius 1 is 0.939 bits per heavy atom. The van der Waals surface area contributed by atoms with Crippen LogP contribution in [0.3, 0.4) is 0 Å². The van der Waals surface area contributed by atoms with E-state index in [2.05, 4.69) is 13.8 Å². The highest BCUT2D eigenvalue weighted by Gasteiger charge is 2.24. The van der Waals surface area contributed by atoms with Crippen molar-refractivity contribution in [2.24, 2.45) is 5.92 Å². The number of ether oxygens (including phenoxy) is 2. The highest BCUT2D eigenvalue weighted by molar-refractivity contribution is 6.06. The minimum Gasteiger partial charge on any atom is -0.497 e. The SMILES string of the molecule is COc1ccc(OC)c(-n2c3nc4ccccc4nc3c3c(=O)n(CC(C)C)c(C)nc32)c1. The van der Waals surface area contributed by atoms with Gasteiger partial charge in [0.05, 0.1) is 30.9 Å². The quantitative estimate of drug-likeness (QED) is 0.403. The maximum Gasteiger partial charge on any atom is 0.265 e. The Bertz CT molecular complexity index is 1580. The fourth-order valence-electron chi connectivity index (χ4n) is 4.21. The van der Waals surface area contributed by atoms with Crippen molar-refractivity contribution in [2.75, 3.05) is 14.2 Å². The second-order valence-electron chi connectivity index (χ2n) is 8.42. The van der Waals surface area contributed by atoms with Crippen molar-refractivity contribution < 1.29 is 9.47 Å². The number of fused-ring (bicyclic) bond motifs is 4. The predicted octanol–water partition coefficient (Wildman–Crippen LogP) is 4.27. The van der Waals surface area contributed by atoms with E-state index in [1.165, 1.54) is 0 Å². The van der Waals surface area contributed by atoms with Gasteiger partial charge in [-0.15, -0.1) is 0 Å². The largest absolute Gasteiger partial charge is 0.497 e. The number of rotatable bonds is 5. The first-order valence-electron chi connectivity index (χ1n) is 10.8. The van der Waals surface area contributed by atoms with Crippen LogP contribution in [0.15, 0.2) is 47.3 Å². The van der Waals surface area contributed by atoms with Crippen molar-refractivity contribution in [1.29, 1.82) is 0 Å². The van der Waals surface area contributed by atoms with E-state index in [4.69, 9.17) is 24.4 Å². The fraction of sp³-hybridized carbons (Fsp3) is 0.280. The van der Waals surface area contributed by atoms with E-state index in [0.717, 1.165) is 11.0 Å². The molecule has 0 aliphatic carbocycles. The number of aryl methyl sites for hydroxylation is 1. The van der Waals surface area contributed by atoms with Gasteiger partial charge in [-0.2, -0.15) is 0 Å². The molecule has 0 N–H and O–H groups in total. The molecule has 0 bridgehead atoms. The minimum absolute atomic E-state index is 0.124. The molecule has 0 radical (unpaired) electrons. The van der Waals surface area contributed by atoms with Gasteiger partial charge in [-0.3, -0.25) is 13.9 Å². The Balaban J connectivity index is 2.00. The zero-order valence-corrected chi connectivity index (χ0v) is 19.3. The molecule has 168 valence electrons. The van der Waals surface area contributed by atoms with Gasteiger partial charge in [-0.1, -0.05) is 26.0 Å². The van der Waals surface area contributed by atoms with Crippen LogP contribution in [0.4, 0.5) is 0 Å². The van der Waals surface area contributed by atoms with Gasteiger partial charge in [0, 0.05) is 12.6 Å². The molecule has 8 heteroatoms. The van der Waals surface area contributed by atoms with Crippen LogP contribution in [0.2, 0.25) is 0 Å². The normalized spacial score (nSPS) is 11.7. The maximum absolute atomic E-state index is 13.7. The molecule has 2 aromatic carbocycles. The zero-order valence-electron chi connectivity index (χ0n) is 19.3. The Morgan fingerprint density at radius 2 is 1.67 bits per heavy atom. The van der Waals surface area contributed by atoms with Crippen LogP contribution >= 0.6 is 0 Å². The lowest BCUT2D eigenvalue weighted by Crippen LogP contribution is -2.26. The summed E-state index contributed by atoms with van der Waals surface area (Å²) in [6, 6.07) is 13.1. The highest BCUT2D eigenvalue weighted by atomic mass is 16.5. The number of benzene rings is 2. The number of aromatic nitrogens is 5. The zero-order chi connectivity index (χ0) is 23.3. The predicted molar refractivity (Wildman–Crippen MR) is 129 cm³/mol. The van der Waals surface area contributed by atoms with E-state index < -0.39 is 0 Å². The third kappa shape index (κ3) is 3.29. The average Bonchev–Trinajstić information content (AvgIpc) is 3.12. The number of para-hydroxylation sites is 2. The van der Waals surface area contributed by atoms with E-state index in [0.29, 0.717) is 57.7 Å². The molecule has 0 unspecified atom stereocenters. The number of hydrogen-bond acceptors (Lipinski definition) is 6. The van der Waals surface area contributed by atoms with Gasteiger partial charge in [-0.25, -0.2) is 15.0 Å². The number of hydrogen-bond donors (Lipinski definition) is 0. The van der Waals surface area contributed by atoms with Crippen molar-refractivity contribution in [2.45, 2.75) is 27.3 Å². The summed E-state index contributed by atoms with van der Waals surface area (Å²) in [5.41, 5.74) is 3.56. The Kier molecular flexibility index (Phi) is 5.00. The fourth-order valence-corrected chi connectivity index (χ4v) is 4.21. The summed E-state index contributed by atoms with van der Waals surface area (Å²) in [6.07, 6.45) is 0. The van der Waals surface area contributed by atoms with Gasteiger partial charge < -0.3 is 9.47 Å². The monoisotopic (exact) mass is 443 g/mol. The molecule has 0 spiro atoms. The lowest BCUT2D eigenvalue weighted by Gasteiger charge is -2.14. The van der Waals surface area contributed by atoms with E-state index in [1.807, 2.05) is 54.0 Å². The maximum atomic E-state index is 13.7. The molecule has 0 aliphatic rings.